The Morgan fingerprint density at radius 1 is 1.33 bits per heavy atom. The number of hydrogen-bond acceptors (Lipinski definition) is 7. The van der Waals surface area contributed by atoms with Crippen LogP contribution in [0.2, 0.25) is 0 Å². The van der Waals surface area contributed by atoms with Crippen LogP contribution >= 0.6 is 11.3 Å². The van der Waals surface area contributed by atoms with Gasteiger partial charge in [-0.05, 0) is 31.0 Å². The smallest absolute Gasteiger partial charge is 0.337 e. The highest BCUT2D eigenvalue weighted by Gasteiger charge is 2.20. The minimum atomic E-state index is -1.03. The number of benzene rings is 1. The Morgan fingerprint density at radius 2 is 2.17 bits per heavy atom. The third-order valence-electron chi connectivity index (χ3n) is 5.25. The zero-order valence-electron chi connectivity index (χ0n) is 15.9. The summed E-state index contributed by atoms with van der Waals surface area (Å²) < 4.78 is 25.4. The largest absolute Gasteiger partial charge is 0.478 e. The highest BCUT2D eigenvalue weighted by molar-refractivity contribution is 7.20. The summed E-state index contributed by atoms with van der Waals surface area (Å²) >= 11 is 1.14. The van der Waals surface area contributed by atoms with E-state index in [4.69, 9.17) is 9.15 Å². The zero-order chi connectivity index (χ0) is 20.7. The van der Waals surface area contributed by atoms with Crippen LogP contribution < -0.4 is 4.74 Å². The Hall–Kier alpha value is -3.04. The molecule has 4 aromatic rings. The van der Waals surface area contributed by atoms with E-state index in [1.54, 1.807) is 12.3 Å². The Labute approximate surface area is 174 Å². The summed E-state index contributed by atoms with van der Waals surface area (Å²) in [7, 11) is 0. The number of furan rings is 1. The van der Waals surface area contributed by atoms with Gasteiger partial charge in [0.25, 0.3) is 5.19 Å². The topological polar surface area (TPSA) is 88.7 Å². The highest BCUT2D eigenvalue weighted by atomic mass is 32.1. The van der Waals surface area contributed by atoms with Gasteiger partial charge in [-0.2, -0.15) is 4.98 Å². The second-order valence-electron chi connectivity index (χ2n) is 7.27. The third-order valence-corrected chi connectivity index (χ3v) is 6.20. The van der Waals surface area contributed by atoms with Crippen LogP contribution in [0.4, 0.5) is 4.39 Å². The highest BCUT2D eigenvalue weighted by Crippen LogP contribution is 2.34. The molecule has 0 atom stereocenters. The molecule has 4 heterocycles. The van der Waals surface area contributed by atoms with Crippen LogP contribution in [-0.2, 0) is 6.54 Å². The molecule has 154 valence electrons. The summed E-state index contributed by atoms with van der Waals surface area (Å²) in [5.74, 6) is -0.490. The number of likely N-dealkylation sites (tertiary alicyclic amines) is 1. The first kappa shape index (κ1) is 19.0. The molecular formula is C21H18FN3O4S. The molecule has 3 aromatic heterocycles. The summed E-state index contributed by atoms with van der Waals surface area (Å²) in [5.41, 5.74) is 2.24. The molecule has 1 fully saturated rings. The van der Waals surface area contributed by atoms with Gasteiger partial charge in [-0.25, -0.2) is 14.2 Å². The normalized spacial score (nSPS) is 15.8. The van der Waals surface area contributed by atoms with Gasteiger partial charge in [-0.3, -0.25) is 4.90 Å². The fourth-order valence-electron chi connectivity index (χ4n) is 3.68. The summed E-state index contributed by atoms with van der Waals surface area (Å²) in [5, 5.41) is 10.6. The predicted molar refractivity (Wildman–Crippen MR) is 110 cm³/mol. The molecule has 30 heavy (non-hydrogen) atoms. The standard InChI is InChI=1S/C21H18FN3O4S/c22-13-4-7-25(8-5-13)10-12-11-28-17-9-14(1-2-15(12)17)29-21-24-19-18(30-21)16(20(26)27)3-6-23-19/h1-3,6,9,11,13H,4-5,7-8,10H2,(H,26,27). The molecular weight excluding hydrogens is 409 g/mol. The number of carboxylic acid groups (broad SMARTS) is 1. The molecule has 0 radical (unpaired) electrons. The number of aromatic nitrogens is 2. The van der Waals surface area contributed by atoms with Gasteiger partial charge < -0.3 is 14.3 Å². The van der Waals surface area contributed by atoms with E-state index in [2.05, 4.69) is 14.9 Å². The number of ether oxygens (including phenoxy) is 1. The number of aromatic carboxylic acids is 1. The number of hydrogen-bond donors (Lipinski definition) is 1. The average Bonchev–Trinajstić information content (AvgIpc) is 3.32. The first-order valence-electron chi connectivity index (χ1n) is 9.60. The van der Waals surface area contributed by atoms with E-state index in [1.165, 1.54) is 12.3 Å². The maximum absolute atomic E-state index is 13.3. The van der Waals surface area contributed by atoms with Gasteiger partial charge in [-0.1, -0.05) is 11.3 Å². The molecule has 0 spiro atoms. The van der Waals surface area contributed by atoms with Crippen LogP contribution in [-0.4, -0.2) is 45.2 Å². The molecule has 1 saturated heterocycles. The Bertz CT molecular complexity index is 1230. The maximum atomic E-state index is 13.3. The van der Waals surface area contributed by atoms with Crippen LogP contribution in [0, 0.1) is 0 Å². The van der Waals surface area contributed by atoms with Crippen molar-refractivity contribution in [2.24, 2.45) is 0 Å². The molecule has 0 unspecified atom stereocenters. The SMILES string of the molecule is O=C(O)c1ccnc2nc(Oc3ccc4c(CN5CCC(F)CC5)coc4c3)sc12. The number of rotatable bonds is 5. The quantitative estimate of drug-likeness (QED) is 0.486. The summed E-state index contributed by atoms with van der Waals surface area (Å²) in [6, 6.07) is 6.98. The number of nitrogens with zero attached hydrogens (tertiary/aromatic N) is 3. The van der Waals surface area contributed by atoms with Crippen LogP contribution in [0.15, 0.2) is 41.1 Å². The lowest BCUT2D eigenvalue weighted by Crippen LogP contribution is -2.33. The number of pyridine rings is 1. The summed E-state index contributed by atoms with van der Waals surface area (Å²) in [4.78, 5) is 22.0. The van der Waals surface area contributed by atoms with E-state index in [0.717, 1.165) is 41.9 Å². The average molecular weight is 427 g/mol. The lowest BCUT2D eigenvalue weighted by molar-refractivity contribution is 0.0699. The first-order chi connectivity index (χ1) is 14.6. The Morgan fingerprint density at radius 3 is 2.97 bits per heavy atom. The second-order valence-corrected chi connectivity index (χ2v) is 8.23. The van der Waals surface area contributed by atoms with Crippen LogP contribution in [0.25, 0.3) is 21.3 Å². The van der Waals surface area contributed by atoms with Crippen LogP contribution in [0.5, 0.6) is 10.9 Å². The van der Waals surface area contributed by atoms with Gasteiger partial charge in [0.15, 0.2) is 5.65 Å². The molecule has 1 aliphatic rings. The van der Waals surface area contributed by atoms with Gasteiger partial charge in [0.1, 0.15) is 17.5 Å². The molecule has 0 aliphatic carbocycles. The molecule has 7 nitrogen and oxygen atoms in total. The predicted octanol–water partition coefficient (Wildman–Crippen LogP) is 4.86. The second kappa shape index (κ2) is 7.66. The van der Waals surface area contributed by atoms with Crippen molar-refractivity contribution in [3.63, 3.8) is 0 Å². The van der Waals surface area contributed by atoms with Gasteiger partial charge in [0, 0.05) is 42.8 Å². The van der Waals surface area contributed by atoms with Gasteiger partial charge >= 0.3 is 5.97 Å². The molecule has 0 amide bonds. The Balaban J connectivity index is 1.36. The molecule has 9 heteroatoms. The zero-order valence-corrected chi connectivity index (χ0v) is 16.7. The molecule has 1 aromatic carbocycles. The van der Waals surface area contributed by atoms with Crippen molar-refractivity contribution in [2.45, 2.75) is 25.6 Å². The number of piperidine rings is 1. The number of carbonyl (C=O) groups is 1. The maximum Gasteiger partial charge on any atom is 0.337 e. The Kier molecular flexibility index (Phi) is 4.84. The van der Waals surface area contributed by atoms with Crippen molar-refractivity contribution < 1.29 is 23.4 Å². The summed E-state index contributed by atoms with van der Waals surface area (Å²) in [6.45, 7) is 2.22. The van der Waals surface area contributed by atoms with Gasteiger partial charge in [0.2, 0.25) is 0 Å². The van der Waals surface area contributed by atoms with Crippen molar-refractivity contribution in [3.8, 4) is 10.9 Å². The van der Waals surface area contributed by atoms with E-state index < -0.39 is 12.1 Å². The number of halogens is 1. The molecule has 5 rings (SSSR count). The monoisotopic (exact) mass is 427 g/mol. The van der Waals surface area contributed by atoms with Crippen molar-refractivity contribution >= 4 is 38.6 Å². The van der Waals surface area contributed by atoms with Crippen LogP contribution in [0.3, 0.4) is 0 Å². The van der Waals surface area contributed by atoms with E-state index in [-0.39, 0.29) is 5.56 Å². The lowest BCUT2D eigenvalue weighted by atomic mass is 10.1. The lowest BCUT2D eigenvalue weighted by Gasteiger charge is -2.28. The number of alkyl halides is 1. The minimum Gasteiger partial charge on any atom is -0.478 e. The molecule has 0 bridgehead atoms. The number of thiazole rings is 1. The van der Waals surface area contributed by atoms with Crippen molar-refractivity contribution in [1.29, 1.82) is 0 Å². The number of fused-ring (bicyclic) bond motifs is 2. The number of carboxylic acids is 1. The third kappa shape index (κ3) is 3.61. The van der Waals surface area contributed by atoms with Crippen molar-refractivity contribution in [3.05, 3.63) is 47.9 Å². The van der Waals surface area contributed by atoms with E-state index in [9.17, 15) is 14.3 Å². The minimum absolute atomic E-state index is 0.148. The fourth-order valence-corrected chi connectivity index (χ4v) is 4.58. The molecule has 0 saturated carbocycles. The fraction of sp³-hybridized carbons (Fsp3) is 0.286. The van der Waals surface area contributed by atoms with E-state index >= 15 is 0 Å². The van der Waals surface area contributed by atoms with E-state index in [1.807, 2.05) is 12.1 Å². The van der Waals surface area contributed by atoms with Gasteiger partial charge in [0.05, 0.1) is 16.5 Å². The first-order valence-corrected chi connectivity index (χ1v) is 10.4. The van der Waals surface area contributed by atoms with Crippen LogP contribution in [0.1, 0.15) is 28.8 Å². The van der Waals surface area contributed by atoms with Crippen molar-refractivity contribution in [1.82, 2.24) is 14.9 Å². The van der Waals surface area contributed by atoms with E-state index in [0.29, 0.717) is 39.7 Å². The van der Waals surface area contributed by atoms with Gasteiger partial charge in [-0.15, -0.1) is 0 Å². The molecule has 1 aliphatic heterocycles. The summed E-state index contributed by atoms with van der Waals surface area (Å²) in [6.07, 6.45) is 3.62. The van der Waals surface area contributed by atoms with Crippen molar-refractivity contribution in [2.75, 3.05) is 13.1 Å². The molecule has 1 N–H and O–H groups in total.